The van der Waals surface area contributed by atoms with Gasteiger partial charge in [-0.15, -0.1) is 0 Å². The summed E-state index contributed by atoms with van der Waals surface area (Å²) in [7, 11) is -2.00. The molecule has 1 aliphatic carbocycles. The smallest absolute Gasteiger partial charge is 0.255 e. The van der Waals surface area contributed by atoms with Crippen molar-refractivity contribution in [2.75, 3.05) is 30.7 Å². The number of furan rings is 1. The number of carbonyl (C=O) groups is 1. The van der Waals surface area contributed by atoms with E-state index in [1.54, 1.807) is 53.8 Å². The van der Waals surface area contributed by atoms with Crippen molar-refractivity contribution in [1.29, 1.82) is 0 Å². The Hall–Kier alpha value is -3.89. The quantitative estimate of drug-likeness (QED) is 0.275. The molecule has 214 valence electrons. The van der Waals surface area contributed by atoms with Gasteiger partial charge in [0.25, 0.3) is 5.91 Å². The number of piperidine rings is 1. The number of sulfonamides is 1. The Morgan fingerprint density at radius 3 is 2.22 bits per heavy atom. The van der Waals surface area contributed by atoms with Crippen LogP contribution in [0.1, 0.15) is 47.5 Å². The second kappa shape index (κ2) is 10.8. The molecule has 1 saturated heterocycles. The molecule has 6 rings (SSSR count). The molecule has 10 heteroatoms. The minimum absolute atomic E-state index is 0.150. The number of hydrogen-bond donors (Lipinski definition) is 2. The standard InChI is InChI=1S/C31H32FN3O5S/c1-33-31(36)29-26-17-25(19-3-4-19)27(35(41(2,37)38)22-13-15-34-16-14-22)18-28(26)40-30(29)20-5-9-23(10-6-20)39-24-11-7-21(32)8-12-24/h5-12,17-19,22,34H,3-4,13-16H2,1-2H3,(H,33,36). The van der Waals surface area contributed by atoms with Gasteiger partial charge < -0.3 is 19.8 Å². The van der Waals surface area contributed by atoms with E-state index < -0.39 is 10.0 Å². The van der Waals surface area contributed by atoms with E-state index in [0.717, 1.165) is 31.5 Å². The van der Waals surface area contributed by atoms with E-state index in [9.17, 15) is 17.6 Å². The highest BCUT2D eigenvalue weighted by Gasteiger charge is 2.36. The summed E-state index contributed by atoms with van der Waals surface area (Å²) in [5, 5.41) is 6.69. The van der Waals surface area contributed by atoms with E-state index in [1.165, 1.54) is 18.4 Å². The third-order valence-corrected chi connectivity index (χ3v) is 8.92. The first kappa shape index (κ1) is 27.3. The van der Waals surface area contributed by atoms with Gasteiger partial charge in [0.2, 0.25) is 10.0 Å². The maximum atomic E-state index is 13.2. The molecular weight excluding hydrogens is 545 g/mol. The monoisotopic (exact) mass is 577 g/mol. The van der Waals surface area contributed by atoms with Crippen LogP contribution in [0.2, 0.25) is 0 Å². The zero-order chi connectivity index (χ0) is 28.7. The number of ether oxygens (including phenoxy) is 1. The lowest BCUT2D eigenvalue weighted by molar-refractivity contribution is 0.0964. The van der Waals surface area contributed by atoms with Gasteiger partial charge in [-0.2, -0.15) is 0 Å². The van der Waals surface area contributed by atoms with E-state index in [1.807, 2.05) is 6.07 Å². The van der Waals surface area contributed by atoms with Crippen LogP contribution in [0, 0.1) is 5.82 Å². The number of nitrogens with zero attached hydrogens (tertiary/aromatic N) is 1. The van der Waals surface area contributed by atoms with Gasteiger partial charge in [-0.05, 0) is 105 Å². The molecule has 4 aromatic rings. The Morgan fingerprint density at radius 2 is 1.63 bits per heavy atom. The molecule has 2 N–H and O–H groups in total. The van der Waals surface area contributed by atoms with E-state index in [-0.39, 0.29) is 23.7 Å². The molecule has 8 nitrogen and oxygen atoms in total. The molecule has 1 aliphatic heterocycles. The molecule has 2 fully saturated rings. The topological polar surface area (TPSA) is 101 Å². The van der Waals surface area contributed by atoms with E-state index in [4.69, 9.17) is 9.15 Å². The first-order valence-electron chi connectivity index (χ1n) is 13.8. The summed E-state index contributed by atoms with van der Waals surface area (Å²) in [4.78, 5) is 13.2. The molecule has 1 saturated carbocycles. The zero-order valence-electron chi connectivity index (χ0n) is 22.9. The predicted molar refractivity (Wildman–Crippen MR) is 157 cm³/mol. The van der Waals surface area contributed by atoms with E-state index >= 15 is 0 Å². The lowest BCUT2D eigenvalue weighted by Crippen LogP contribution is -2.46. The Bertz CT molecular complexity index is 1690. The molecule has 0 radical (unpaired) electrons. The van der Waals surface area contributed by atoms with Crippen LogP contribution in [0.5, 0.6) is 11.5 Å². The maximum Gasteiger partial charge on any atom is 0.255 e. The summed E-state index contributed by atoms with van der Waals surface area (Å²) in [6.07, 6.45) is 4.63. The van der Waals surface area contributed by atoms with Gasteiger partial charge in [0.1, 0.15) is 28.7 Å². The summed E-state index contributed by atoms with van der Waals surface area (Å²) in [5.74, 6) is 1.03. The number of nitrogens with one attached hydrogen (secondary N) is 2. The van der Waals surface area contributed by atoms with Crippen molar-refractivity contribution in [3.63, 3.8) is 0 Å². The largest absolute Gasteiger partial charge is 0.457 e. The fraction of sp³-hybridized carbons (Fsp3) is 0.323. The number of fused-ring (bicyclic) bond motifs is 1. The van der Waals surface area contributed by atoms with Gasteiger partial charge in [-0.1, -0.05) is 0 Å². The highest BCUT2D eigenvalue weighted by atomic mass is 32.2. The second-order valence-corrected chi connectivity index (χ2v) is 12.5. The number of carbonyl (C=O) groups excluding carboxylic acids is 1. The number of hydrogen-bond acceptors (Lipinski definition) is 6. The third-order valence-electron chi connectivity index (χ3n) is 7.71. The van der Waals surface area contributed by atoms with E-state index in [2.05, 4.69) is 10.6 Å². The van der Waals surface area contributed by atoms with E-state index in [0.29, 0.717) is 57.9 Å². The summed E-state index contributed by atoms with van der Waals surface area (Å²) in [6, 6.07) is 16.4. The van der Waals surface area contributed by atoms with Crippen LogP contribution in [0.15, 0.2) is 65.1 Å². The zero-order valence-corrected chi connectivity index (χ0v) is 23.8. The molecule has 3 aromatic carbocycles. The molecular formula is C31H32FN3O5S. The van der Waals surface area contributed by atoms with Gasteiger partial charge in [0.15, 0.2) is 0 Å². The highest BCUT2D eigenvalue weighted by Crippen LogP contribution is 2.48. The van der Waals surface area contributed by atoms with Gasteiger partial charge in [-0.3, -0.25) is 9.10 Å². The third kappa shape index (κ3) is 5.54. The molecule has 0 atom stereocenters. The predicted octanol–water partition coefficient (Wildman–Crippen LogP) is 5.79. The van der Waals surface area contributed by atoms with Crippen LogP contribution in [-0.4, -0.2) is 46.8 Å². The van der Waals surface area contributed by atoms with Gasteiger partial charge in [0.05, 0.1) is 17.5 Å². The highest BCUT2D eigenvalue weighted by molar-refractivity contribution is 7.92. The average molecular weight is 578 g/mol. The summed E-state index contributed by atoms with van der Waals surface area (Å²) >= 11 is 0. The Morgan fingerprint density at radius 1 is 1.00 bits per heavy atom. The molecule has 0 spiro atoms. The first-order chi connectivity index (χ1) is 19.7. The van der Waals surface area contributed by atoms with Crippen LogP contribution in [0.4, 0.5) is 10.1 Å². The van der Waals surface area contributed by atoms with Crippen molar-refractivity contribution in [1.82, 2.24) is 10.6 Å². The molecule has 0 bridgehead atoms. The fourth-order valence-electron chi connectivity index (χ4n) is 5.62. The number of amides is 1. The van der Waals surface area contributed by atoms with Crippen LogP contribution in [-0.2, 0) is 10.0 Å². The fourth-order valence-corrected chi connectivity index (χ4v) is 6.88. The van der Waals surface area contributed by atoms with Crippen molar-refractivity contribution in [3.05, 3.63) is 77.6 Å². The number of anilines is 1. The minimum Gasteiger partial charge on any atom is -0.457 e. The molecule has 1 amide bonds. The summed E-state index contributed by atoms with van der Waals surface area (Å²) < 4.78 is 53.3. The average Bonchev–Trinajstić information content (AvgIpc) is 3.74. The molecule has 0 unspecified atom stereocenters. The Labute approximate surface area is 238 Å². The SMILES string of the molecule is CNC(=O)c1c(-c2ccc(Oc3ccc(F)cc3)cc2)oc2cc(N(C3CCNCC3)S(C)(=O)=O)c(C3CC3)cc12. The second-order valence-electron chi connectivity index (χ2n) is 10.7. The summed E-state index contributed by atoms with van der Waals surface area (Å²) in [5.41, 5.74) is 3.09. The summed E-state index contributed by atoms with van der Waals surface area (Å²) in [6.45, 7) is 1.51. The number of halogens is 1. The Kier molecular flexibility index (Phi) is 7.21. The molecule has 1 aromatic heterocycles. The minimum atomic E-state index is -3.57. The van der Waals surface area contributed by atoms with Crippen molar-refractivity contribution in [3.8, 4) is 22.8 Å². The molecule has 2 heterocycles. The number of benzene rings is 3. The van der Waals surface area contributed by atoms with Crippen LogP contribution in [0.25, 0.3) is 22.3 Å². The van der Waals surface area contributed by atoms with Crippen LogP contribution < -0.4 is 19.7 Å². The van der Waals surface area contributed by atoms with Crippen molar-refractivity contribution in [2.24, 2.45) is 0 Å². The van der Waals surface area contributed by atoms with Crippen molar-refractivity contribution in [2.45, 2.75) is 37.6 Å². The van der Waals surface area contributed by atoms with Crippen LogP contribution in [0.3, 0.4) is 0 Å². The molecule has 2 aliphatic rings. The van der Waals surface area contributed by atoms with Crippen molar-refractivity contribution < 1.29 is 26.8 Å². The van der Waals surface area contributed by atoms with Gasteiger partial charge in [0, 0.05) is 30.1 Å². The normalized spacial score (nSPS) is 16.1. The van der Waals surface area contributed by atoms with Gasteiger partial charge >= 0.3 is 0 Å². The van der Waals surface area contributed by atoms with Gasteiger partial charge in [-0.25, -0.2) is 12.8 Å². The van der Waals surface area contributed by atoms with Crippen molar-refractivity contribution >= 4 is 32.6 Å². The number of rotatable bonds is 8. The maximum absolute atomic E-state index is 13.2. The Balaban J connectivity index is 1.45. The van der Waals surface area contributed by atoms with Crippen LogP contribution >= 0.6 is 0 Å². The first-order valence-corrected chi connectivity index (χ1v) is 15.6. The lowest BCUT2D eigenvalue weighted by atomic mass is 9.99. The molecule has 41 heavy (non-hydrogen) atoms. The lowest BCUT2D eigenvalue weighted by Gasteiger charge is -2.35.